The third-order valence-corrected chi connectivity index (χ3v) is 3.46. The van der Waals surface area contributed by atoms with E-state index in [0.717, 1.165) is 18.4 Å². The lowest BCUT2D eigenvalue weighted by Crippen LogP contribution is -2.35. The Labute approximate surface area is 112 Å². The van der Waals surface area contributed by atoms with Crippen LogP contribution in [0, 0.1) is 0 Å². The highest BCUT2D eigenvalue weighted by molar-refractivity contribution is 5.63. The second kappa shape index (κ2) is 5.40. The van der Waals surface area contributed by atoms with Gasteiger partial charge in [0.25, 0.3) is 0 Å². The molecule has 2 aromatic rings. The summed E-state index contributed by atoms with van der Waals surface area (Å²) in [6.07, 6.45) is 1.49. The molecule has 0 bridgehead atoms. The maximum absolute atomic E-state index is 6.25. The van der Waals surface area contributed by atoms with Crippen molar-refractivity contribution in [1.82, 2.24) is 10.1 Å². The molecule has 0 aliphatic rings. The van der Waals surface area contributed by atoms with Gasteiger partial charge in [-0.1, -0.05) is 31.1 Å². The van der Waals surface area contributed by atoms with Gasteiger partial charge in [0.15, 0.2) is 0 Å². The molecule has 0 fully saturated rings. The van der Waals surface area contributed by atoms with E-state index in [2.05, 4.69) is 10.1 Å². The van der Waals surface area contributed by atoms with Gasteiger partial charge in [-0.3, -0.25) is 0 Å². The van der Waals surface area contributed by atoms with E-state index in [1.807, 2.05) is 38.1 Å². The summed E-state index contributed by atoms with van der Waals surface area (Å²) in [6, 6.07) is 7.56. The van der Waals surface area contributed by atoms with Gasteiger partial charge in [0.05, 0.1) is 18.2 Å². The fraction of sp³-hybridized carbons (Fsp3) is 0.429. The van der Waals surface area contributed by atoms with Crippen LogP contribution in [0.4, 0.5) is 0 Å². The van der Waals surface area contributed by atoms with Gasteiger partial charge in [-0.15, -0.1) is 0 Å². The highest BCUT2D eigenvalue weighted by Gasteiger charge is 2.30. The first-order chi connectivity index (χ1) is 9.14. The highest BCUT2D eigenvalue weighted by atomic mass is 16.5. The van der Waals surface area contributed by atoms with Crippen LogP contribution >= 0.6 is 0 Å². The molecule has 0 saturated heterocycles. The standard InChI is InChI=1S/C14H19N3O2/c1-4-14(15,5-2)13-16-12(17-19-13)10-8-6-7-9-11(10)18-3/h6-9H,4-5,15H2,1-3H3. The van der Waals surface area contributed by atoms with E-state index in [9.17, 15) is 0 Å². The van der Waals surface area contributed by atoms with Gasteiger partial charge in [-0.05, 0) is 25.0 Å². The fourth-order valence-electron chi connectivity index (χ4n) is 1.92. The molecule has 0 radical (unpaired) electrons. The van der Waals surface area contributed by atoms with Crippen LogP contribution in [0.2, 0.25) is 0 Å². The number of aromatic nitrogens is 2. The number of rotatable bonds is 5. The average molecular weight is 261 g/mol. The second-order valence-electron chi connectivity index (χ2n) is 4.49. The number of benzene rings is 1. The summed E-state index contributed by atoms with van der Waals surface area (Å²) >= 11 is 0. The van der Waals surface area contributed by atoms with Gasteiger partial charge in [0.2, 0.25) is 11.7 Å². The van der Waals surface area contributed by atoms with Gasteiger partial charge in [-0.2, -0.15) is 4.98 Å². The predicted molar refractivity (Wildman–Crippen MR) is 72.7 cm³/mol. The molecule has 0 saturated carbocycles. The van der Waals surface area contributed by atoms with Crippen LogP contribution in [0.5, 0.6) is 5.75 Å². The molecule has 0 aliphatic heterocycles. The molecule has 5 heteroatoms. The lowest BCUT2D eigenvalue weighted by Gasteiger charge is -2.20. The molecule has 1 heterocycles. The Hall–Kier alpha value is -1.88. The molecule has 102 valence electrons. The molecule has 0 aliphatic carbocycles. The predicted octanol–water partition coefficient (Wildman–Crippen LogP) is 2.72. The average Bonchev–Trinajstić information content (AvgIpc) is 2.96. The van der Waals surface area contributed by atoms with Crippen LogP contribution in [0.1, 0.15) is 32.6 Å². The van der Waals surface area contributed by atoms with E-state index in [1.165, 1.54) is 0 Å². The fourth-order valence-corrected chi connectivity index (χ4v) is 1.92. The van der Waals surface area contributed by atoms with E-state index in [0.29, 0.717) is 17.5 Å². The molecule has 0 atom stereocenters. The largest absolute Gasteiger partial charge is 0.496 e. The Morgan fingerprint density at radius 3 is 2.58 bits per heavy atom. The Bertz CT molecular complexity index is 547. The van der Waals surface area contributed by atoms with Crippen LogP contribution < -0.4 is 10.5 Å². The summed E-state index contributed by atoms with van der Waals surface area (Å²) in [4.78, 5) is 4.42. The zero-order valence-electron chi connectivity index (χ0n) is 11.5. The molecular weight excluding hydrogens is 242 g/mol. The smallest absolute Gasteiger partial charge is 0.247 e. The van der Waals surface area contributed by atoms with Gasteiger partial charge in [0.1, 0.15) is 5.75 Å². The van der Waals surface area contributed by atoms with Crippen molar-refractivity contribution in [2.24, 2.45) is 5.73 Å². The molecule has 0 amide bonds. The third kappa shape index (κ3) is 2.46. The minimum Gasteiger partial charge on any atom is -0.496 e. The zero-order chi connectivity index (χ0) is 13.9. The second-order valence-corrected chi connectivity index (χ2v) is 4.49. The van der Waals surface area contributed by atoms with E-state index >= 15 is 0 Å². The molecule has 0 spiro atoms. The Balaban J connectivity index is 2.41. The first-order valence-electron chi connectivity index (χ1n) is 6.41. The first-order valence-corrected chi connectivity index (χ1v) is 6.41. The maximum atomic E-state index is 6.25. The minimum absolute atomic E-state index is 0.471. The van der Waals surface area contributed by atoms with Gasteiger partial charge >= 0.3 is 0 Å². The van der Waals surface area contributed by atoms with Crippen molar-refractivity contribution in [3.8, 4) is 17.1 Å². The number of para-hydroxylation sites is 1. The van der Waals surface area contributed by atoms with Gasteiger partial charge in [-0.25, -0.2) is 0 Å². The molecule has 19 heavy (non-hydrogen) atoms. The molecule has 5 nitrogen and oxygen atoms in total. The van der Waals surface area contributed by atoms with Crippen molar-refractivity contribution in [2.45, 2.75) is 32.2 Å². The molecule has 1 aromatic heterocycles. The summed E-state index contributed by atoms with van der Waals surface area (Å²) in [5, 5.41) is 4.01. The Kier molecular flexibility index (Phi) is 3.85. The molecule has 0 unspecified atom stereocenters. The lowest BCUT2D eigenvalue weighted by molar-refractivity contribution is 0.268. The summed E-state index contributed by atoms with van der Waals surface area (Å²) in [7, 11) is 1.62. The maximum Gasteiger partial charge on any atom is 0.247 e. The highest BCUT2D eigenvalue weighted by Crippen LogP contribution is 2.30. The lowest BCUT2D eigenvalue weighted by atomic mass is 9.94. The first kappa shape index (κ1) is 13.5. The van der Waals surface area contributed by atoms with Crippen molar-refractivity contribution in [3.05, 3.63) is 30.2 Å². The zero-order valence-corrected chi connectivity index (χ0v) is 11.5. The number of nitrogens with two attached hydrogens (primary N) is 1. The topological polar surface area (TPSA) is 74.2 Å². The van der Waals surface area contributed by atoms with Crippen molar-refractivity contribution in [2.75, 3.05) is 7.11 Å². The number of methoxy groups -OCH3 is 1. The quantitative estimate of drug-likeness (QED) is 0.895. The Morgan fingerprint density at radius 2 is 1.95 bits per heavy atom. The number of ether oxygens (including phenoxy) is 1. The van der Waals surface area contributed by atoms with E-state index < -0.39 is 5.54 Å². The summed E-state index contributed by atoms with van der Waals surface area (Å²) in [5.74, 6) is 1.69. The van der Waals surface area contributed by atoms with Crippen LogP contribution in [0.3, 0.4) is 0 Å². The summed E-state index contributed by atoms with van der Waals surface area (Å²) < 4.78 is 10.6. The van der Waals surface area contributed by atoms with E-state index in [1.54, 1.807) is 7.11 Å². The van der Waals surface area contributed by atoms with Crippen molar-refractivity contribution in [3.63, 3.8) is 0 Å². The van der Waals surface area contributed by atoms with Crippen molar-refractivity contribution < 1.29 is 9.26 Å². The van der Waals surface area contributed by atoms with E-state index in [-0.39, 0.29) is 0 Å². The van der Waals surface area contributed by atoms with Crippen LogP contribution in [-0.2, 0) is 5.54 Å². The number of nitrogens with zero attached hydrogens (tertiary/aromatic N) is 2. The van der Waals surface area contributed by atoms with E-state index in [4.69, 9.17) is 15.0 Å². The summed E-state index contributed by atoms with van der Waals surface area (Å²) in [6.45, 7) is 4.02. The van der Waals surface area contributed by atoms with Crippen molar-refractivity contribution in [1.29, 1.82) is 0 Å². The monoisotopic (exact) mass is 261 g/mol. The van der Waals surface area contributed by atoms with Gasteiger partial charge in [0, 0.05) is 0 Å². The summed E-state index contributed by atoms with van der Waals surface area (Å²) in [5.41, 5.74) is 6.49. The molecule has 1 aromatic carbocycles. The Morgan fingerprint density at radius 1 is 1.26 bits per heavy atom. The molecule has 2 rings (SSSR count). The number of hydrogen-bond donors (Lipinski definition) is 1. The normalized spacial score (nSPS) is 11.6. The molecular formula is C14H19N3O2. The molecule has 2 N–H and O–H groups in total. The van der Waals surface area contributed by atoms with Crippen LogP contribution in [0.15, 0.2) is 28.8 Å². The minimum atomic E-state index is -0.562. The van der Waals surface area contributed by atoms with Crippen molar-refractivity contribution >= 4 is 0 Å². The van der Waals surface area contributed by atoms with Crippen LogP contribution in [0.25, 0.3) is 11.4 Å². The number of hydrogen-bond acceptors (Lipinski definition) is 5. The SMILES string of the molecule is CCC(N)(CC)c1nc(-c2ccccc2OC)no1. The third-order valence-electron chi connectivity index (χ3n) is 3.46. The van der Waals surface area contributed by atoms with Gasteiger partial charge < -0.3 is 15.0 Å². The van der Waals surface area contributed by atoms with Crippen LogP contribution in [-0.4, -0.2) is 17.3 Å².